The number of hydrogen-bond donors (Lipinski definition) is 2. The van der Waals surface area contributed by atoms with E-state index in [0.717, 1.165) is 18.8 Å². The van der Waals surface area contributed by atoms with Crippen LogP contribution in [-0.2, 0) is 10.4 Å². The van der Waals surface area contributed by atoms with Crippen molar-refractivity contribution < 1.29 is 17.5 Å². The van der Waals surface area contributed by atoms with E-state index in [4.69, 9.17) is 22.9 Å². The lowest BCUT2D eigenvalue weighted by Crippen LogP contribution is -2.29. The number of benzene rings is 1. The van der Waals surface area contributed by atoms with Crippen LogP contribution in [-0.4, -0.2) is 30.6 Å². The quantitative estimate of drug-likeness (QED) is 0.370. The van der Waals surface area contributed by atoms with Gasteiger partial charge >= 0.3 is 5.08 Å². The Morgan fingerprint density at radius 3 is 2.15 bits per heavy atom. The number of hydrogen-bond acceptors (Lipinski definition) is 6. The van der Waals surface area contributed by atoms with Crippen molar-refractivity contribution >= 4 is 21.8 Å². The van der Waals surface area contributed by atoms with Gasteiger partial charge in [-0.15, -0.1) is 0 Å². The Kier molecular flexibility index (Phi) is 6.17. The van der Waals surface area contributed by atoms with Crippen molar-refractivity contribution in [3.05, 3.63) is 29.4 Å². The van der Waals surface area contributed by atoms with Gasteiger partial charge in [0.05, 0.1) is 0 Å². The third-order valence-corrected chi connectivity index (χ3v) is 2.77. The summed E-state index contributed by atoms with van der Waals surface area (Å²) in [6, 6.07) is 7.95. The Hall–Kier alpha value is -1.89. The van der Waals surface area contributed by atoms with Crippen molar-refractivity contribution in [3.8, 4) is 0 Å². The van der Waals surface area contributed by atoms with Crippen LogP contribution in [0.2, 0.25) is 0 Å². The molecule has 2 N–H and O–H groups in total. The van der Waals surface area contributed by atoms with Crippen LogP contribution in [0.4, 0.5) is 11.4 Å². The molecule has 1 aliphatic heterocycles. The fraction of sp³-hybridized carbons (Fsp3) is 0.455. The van der Waals surface area contributed by atoms with E-state index in [0.29, 0.717) is 0 Å². The summed E-state index contributed by atoms with van der Waals surface area (Å²) in [5, 5.41) is 11.2. The van der Waals surface area contributed by atoms with Crippen molar-refractivity contribution in [2.24, 2.45) is 0 Å². The maximum atomic E-state index is 8.63. The first kappa shape index (κ1) is 16.2. The topological polar surface area (TPSA) is 121 Å². The second kappa shape index (κ2) is 7.64. The van der Waals surface area contributed by atoms with Gasteiger partial charge in [0.1, 0.15) is 5.69 Å². The Balaban J connectivity index is 0.000000347. The van der Waals surface area contributed by atoms with Gasteiger partial charge in [-0.2, -0.15) is 0 Å². The first-order chi connectivity index (χ1) is 9.40. The second-order valence-electron chi connectivity index (χ2n) is 4.23. The maximum absolute atomic E-state index is 8.63. The van der Waals surface area contributed by atoms with Crippen molar-refractivity contribution in [1.29, 1.82) is 5.39 Å². The van der Waals surface area contributed by atoms with Crippen LogP contribution in [0.1, 0.15) is 19.3 Å². The van der Waals surface area contributed by atoms with E-state index in [1.165, 1.54) is 24.9 Å². The lowest BCUT2D eigenvalue weighted by atomic mass is 10.1. The van der Waals surface area contributed by atoms with Crippen molar-refractivity contribution in [1.82, 2.24) is 0 Å². The molecule has 0 saturated carbocycles. The van der Waals surface area contributed by atoms with Gasteiger partial charge in [0, 0.05) is 18.8 Å². The summed E-state index contributed by atoms with van der Waals surface area (Å²) in [5.74, 6) is 0. The minimum absolute atomic E-state index is 0.804. The highest BCUT2D eigenvalue weighted by Crippen LogP contribution is 2.21. The Labute approximate surface area is 117 Å². The number of piperidine rings is 1. The average molecular weight is 300 g/mol. The molecule has 110 valence electrons. The highest BCUT2D eigenvalue weighted by molar-refractivity contribution is 7.79. The molecule has 9 heteroatoms. The van der Waals surface area contributed by atoms with E-state index in [1.54, 1.807) is 0 Å². The normalized spacial score (nSPS) is 14.8. The molecule has 0 amide bonds. The molecule has 20 heavy (non-hydrogen) atoms. The summed E-state index contributed by atoms with van der Waals surface area (Å²) in [6.45, 7) is 2.30. The van der Waals surface area contributed by atoms with Gasteiger partial charge < -0.3 is 9.45 Å². The summed E-state index contributed by atoms with van der Waals surface area (Å²) in [5.41, 5.74) is 4.55. The molecule has 1 aromatic rings. The zero-order valence-electron chi connectivity index (χ0n) is 10.8. The molecule has 0 unspecified atom stereocenters. The zero-order chi connectivity index (χ0) is 15.0. The molecule has 1 aromatic carbocycles. The number of nitrogens with one attached hydrogen (secondary N) is 1. The minimum atomic E-state index is -4.92. The highest BCUT2D eigenvalue weighted by atomic mass is 32.3. The van der Waals surface area contributed by atoms with Gasteiger partial charge in [-0.05, 0) is 49.0 Å². The van der Waals surface area contributed by atoms with Gasteiger partial charge in [-0.3, -0.25) is 4.55 Å². The first-order valence-corrected chi connectivity index (χ1v) is 7.40. The zero-order valence-corrected chi connectivity index (χ0v) is 11.6. The number of nitrogens with zero attached hydrogens (tertiary/aromatic N) is 3. The van der Waals surface area contributed by atoms with Crippen LogP contribution in [0.25, 0.3) is 5.08 Å². The maximum Gasteiger partial charge on any atom is 0.308 e. The Morgan fingerprint density at radius 2 is 1.70 bits per heavy atom. The molecule has 1 heterocycles. The van der Waals surface area contributed by atoms with Gasteiger partial charge in [0.15, 0.2) is 0 Å². The third kappa shape index (κ3) is 6.89. The van der Waals surface area contributed by atoms with E-state index in [9.17, 15) is 0 Å². The molecule has 0 aromatic heterocycles. The molecule has 0 spiro atoms. The fourth-order valence-electron chi connectivity index (χ4n) is 1.96. The molecule has 1 saturated heterocycles. The lowest BCUT2D eigenvalue weighted by Gasteiger charge is -2.28. The summed E-state index contributed by atoms with van der Waals surface area (Å²) >= 11 is 0. The molecule has 2 rings (SSSR count). The molecular formula is C11H16N4O4S. The summed E-state index contributed by atoms with van der Waals surface area (Å²) < 4.78 is 32.8. The van der Waals surface area contributed by atoms with E-state index in [2.05, 4.69) is 27.5 Å². The number of rotatable bonds is 2. The monoisotopic (exact) mass is 300 g/mol. The van der Waals surface area contributed by atoms with Gasteiger partial charge in [-0.1, -0.05) is 0 Å². The molecular weight excluding hydrogens is 284 g/mol. The van der Waals surface area contributed by atoms with E-state index >= 15 is 0 Å². The van der Waals surface area contributed by atoms with Crippen molar-refractivity contribution in [2.45, 2.75) is 19.3 Å². The van der Waals surface area contributed by atoms with Gasteiger partial charge in [0.25, 0.3) is 5.39 Å². The number of diazo groups is 1. The Bertz CT molecular complexity index is 539. The predicted octanol–water partition coefficient (Wildman–Crippen LogP) is 1.86. The molecule has 0 radical (unpaired) electrons. The summed E-state index contributed by atoms with van der Waals surface area (Å²) in [6.07, 6.45) is 3.91. The number of anilines is 2. The molecule has 1 aliphatic rings. The van der Waals surface area contributed by atoms with Crippen LogP contribution < -0.4 is 10.3 Å². The van der Waals surface area contributed by atoms with Crippen LogP contribution in [0.15, 0.2) is 24.3 Å². The molecule has 0 bridgehead atoms. The second-order valence-corrected chi connectivity index (χ2v) is 5.09. The first-order valence-electron chi connectivity index (χ1n) is 6.03. The summed E-state index contributed by atoms with van der Waals surface area (Å²) in [7, 11) is -4.92. The highest BCUT2D eigenvalue weighted by Gasteiger charge is 2.10. The third-order valence-electron chi connectivity index (χ3n) is 2.77. The molecule has 8 nitrogen and oxygen atoms in total. The predicted molar refractivity (Wildman–Crippen MR) is 73.5 cm³/mol. The smallest absolute Gasteiger partial charge is 0.308 e. The fourth-order valence-corrected chi connectivity index (χ4v) is 1.96. The van der Waals surface area contributed by atoms with Gasteiger partial charge in [-0.25, -0.2) is 8.42 Å². The van der Waals surface area contributed by atoms with Crippen LogP contribution in [0, 0.1) is 5.39 Å². The van der Waals surface area contributed by atoms with Crippen molar-refractivity contribution in [3.63, 3.8) is 0 Å². The largest absolute Gasteiger partial charge is 0.726 e. The minimum Gasteiger partial charge on any atom is -0.726 e. The standard InChI is InChI=1S/C11H15N4.H2O4S/c12-14-13-10-4-6-11(7-5-10)15-8-2-1-3-9-15;1-5(2,3)4/h4-7,13H,1-3,8-9H2;(H2,1,2,3,4)/q+1;/p-1. The van der Waals surface area contributed by atoms with Gasteiger partial charge in [0.2, 0.25) is 10.4 Å². The SMILES string of the molecule is N#[N+]Nc1ccc(N2CCCCC2)cc1.O=S(=O)([O-])O. The van der Waals surface area contributed by atoms with E-state index in [1.807, 2.05) is 12.1 Å². The van der Waals surface area contributed by atoms with E-state index in [-0.39, 0.29) is 0 Å². The lowest BCUT2D eigenvalue weighted by molar-refractivity contribution is 0.366. The van der Waals surface area contributed by atoms with Crippen LogP contribution in [0.5, 0.6) is 0 Å². The van der Waals surface area contributed by atoms with Crippen molar-refractivity contribution in [2.75, 3.05) is 23.4 Å². The van der Waals surface area contributed by atoms with Crippen LogP contribution in [0.3, 0.4) is 0 Å². The van der Waals surface area contributed by atoms with E-state index < -0.39 is 10.4 Å². The summed E-state index contributed by atoms with van der Waals surface area (Å²) in [4.78, 5) is 2.39. The molecule has 0 atom stereocenters. The molecule has 1 fully saturated rings. The Morgan fingerprint density at radius 1 is 1.20 bits per heavy atom. The molecule has 0 aliphatic carbocycles. The average Bonchev–Trinajstić information content (AvgIpc) is 2.39. The van der Waals surface area contributed by atoms with Crippen LogP contribution >= 0.6 is 0 Å².